The maximum Gasteiger partial charge on any atom is 0.246 e. The van der Waals surface area contributed by atoms with Crippen LogP contribution in [0.25, 0.3) is 43.9 Å². The van der Waals surface area contributed by atoms with E-state index in [0.717, 1.165) is 64.1 Å². The van der Waals surface area contributed by atoms with Crippen molar-refractivity contribution in [2.24, 2.45) is 0 Å². The fourth-order valence-electron chi connectivity index (χ4n) is 6.32. The zero-order chi connectivity index (χ0) is 31.2. The third-order valence-electron chi connectivity index (χ3n) is 8.93. The molecule has 1 amide bonds. The normalized spacial score (nSPS) is 15.5. The van der Waals surface area contributed by atoms with E-state index in [-0.39, 0.29) is 17.8 Å². The molecule has 1 atom stereocenters. The minimum atomic E-state index is -0.352. The molecule has 230 valence electrons. The lowest BCUT2D eigenvalue weighted by molar-refractivity contribution is -0.127. The van der Waals surface area contributed by atoms with Crippen LogP contribution in [0.5, 0.6) is 5.75 Å². The Morgan fingerprint density at radius 3 is 2.78 bits per heavy atom. The van der Waals surface area contributed by atoms with Crippen LogP contribution in [0, 0.1) is 5.82 Å². The molecule has 0 saturated carbocycles. The van der Waals surface area contributed by atoms with Crippen LogP contribution >= 0.6 is 11.3 Å². The second kappa shape index (κ2) is 11.9. The Morgan fingerprint density at radius 2 is 1.96 bits per heavy atom. The average molecular weight is 622 g/mol. The van der Waals surface area contributed by atoms with Crippen molar-refractivity contribution in [2.45, 2.75) is 52.4 Å². The molecule has 9 heteroatoms. The van der Waals surface area contributed by atoms with Crippen molar-refractivity contribution in [2.75, 3.05) is 20.1 Å². The summed E-state index contributed by atoms with van der Waals surface area (Å²) in [6.45, 7) is 11.3. The van der Waals surface area contributed by atoms with Crippen molar-refractivity contribution in [1.82, 2.24) is 24.6 Å². The number of rotatable bonds is 7. The number of hydrogen-bond donors (Lipinski definition) is 0. The summed E-state index contributed by atoms with van der Waals surface area (Å²) in [5, 5.41) is 8.16. The van der Waals surface area contributed by atoms with Gasteiger partial charge in [-0.3, -0.25) is 9.48 Å². The highest BCUT2D eigenvalue weighted by Gasteiger charge is 2.27. The maximum atomic E-state index is 14.7. The van der Waals surface area contributed by atoms with Crippen LogP contribution in [0.1, 0.15) is 37.1 Å². The minimum Gasteiger partial charge on any atom is -0.490 e. The van der Waals surface area contributed by atoms with Gasteiger partial charge in [0.2, 0.25) is 5.91 Å². The first-order chi connectivity index (χ1) is 21.8. The highest BCUT2D eigenvalue weighted by atomic mass is 32.1. The zero-order valence-corrected chi connectivity index (χ0v) is 26.7. The molecule has 2 aliphatic rings. The molecular formula is C36H36FN5O2S. The van der Waals surface area contributed by atoms with Crippen molar-refractivity contribution in [1.29, 1.82) is 0 Å². The van der Waals surface area contributed by atoms with Crippen LogP contribution < -0.4 is 4.74 Å². The van der Waals surface area contributed by atoms with Gasteiger partial charge in [-0.05, 0) is 79.7 Å². The van der Waals surface area contributed by atoms with Gasteiger partial charge < -0.3 is 14.5 Å². The summed E-state index contributed by atoms with van der Waals surface area (Å²) in [5.41, 5.74) is 8.67. The van der Waals surface area contributed by atoms with Crippen LogP contribution in [0.15, 0.2) is 66.6 Å². The van der Waals surface area contributed by atoms with Crippen molar-refractivity contribution < 1.29 is 13.9 Å². The van der Waals surface area contributed by atoms with Gasteiger partial charge >= 0.3 is 0 Å². The topological polar surface area (TPSA) is 63.5 Å². The predicted molar refractivity (Wildman–Crippen MR) is 178 cm³/mol. The van der Waals surface area contributed by atoms with E-state index in [0.29, 0.717) is 36.8 Å². The fraction of sp³-hybridized carbons (Fsp3) is 0.306. The monoisotopic (exact) mass is 621 g/mol. The van der Waals surface area contributed by atoms with Crippen molar-refractivity contribution in [3.63, 3.8) is 0 Å². The maximum absolute atomic E-state index is 14.7. The van der Waals surface area contributed by atoms with Crippen LogP contribution in [-0.2, 0) is 30.8 Å². The number of fused-ring (bicyclic) bond motifs is 3. The number of hydrogen-bond acceptors (Lipinski definition) is 6. The number of halogens is 1. The largest absolute Gasteiger partial charge is 0.490 e. The minimum absolute atomic E-state index is 0.0945. The van der Waals surface area contributed by atoms with E-state index >= 15 is 0 Å². The first-order valence-electron chi connectivity index (χ1n) is 15.5. The molecular weight excluding hydrogens is 585 g/mol. The Bertz CT molecular complexity index is 1950. The lowest BCUT2D eigenvalue weighted by atomic mass is 9.93. The number of likely N-dealkylation sites (N-methyl/N-ethyl adjacent to an activating group) is 1. The molecule has 2 aliphatic heterocycles. The van der Waals surface area contributed by atoms with Gasteiger partial charge in [-0.15, -0.1) is 11.3 Å². The number of benzene rings is 2. The Labute approximate surface area is 266 Å². The van der Waals surface area contributed by atoms with Gasteiger partial charge in [-0.2, -0.15) is 5.10 Å². The fourth-order valence-corrected chi connectivity index (χ4v) is 7.28. The summed E-state index contributed by atoms with van der Waals surface area (Å²) in [7, 11) is 2.16. The molecule has 0 radical (unpaired) electrons. The van der Waals surface area contributed by atoms with E-state index in [1.807, 2.05) is 17.7 Å². The Morgan fingerprint density at radius 1 is 1.09 bits per heavy atom. The smallest absolute Gasteiger partial charge is 0.246 e. The van der Waals surface area contributed by atoms with Gasteiger partial charge in [0.25, 0.3) is 0 Å². The molecule has 0 fully saturated rings. The third kappa shape index (κ3) is 5.44. The number of pyridine rings is 1. The Kier molecular flexibility index (Phi) is 7.75. The summed E-state index contributed by atoms with van der Waals surface area (Å²) in [6, 6.07) is 15.6. The van der Waals surface area contributed by atoms with E-state index in [9.17, 15) is 9.18 Å². The summed E-state index contributed by atoms with van der Waals surface area (Å²) in [6.07, 6.45) is 3.05. The Hall–Kier alpha value is -4.34. The molecule has 0 spiro atoms. The van der Waals surface area contributed by atoms with Crippen LogP contribution in [0.3, 0.4) is 0 Å². The summed E-state index contributed by atoms with van der Waals surface area (Å²) >= 11 is 1.64. The van der Waals surface area contributed by atoms with Crippen molar-refractivity contribution >= 4 is 27.3 Å². The van der Waals surface area contributed by atoms with Gasteiger partial charge in [0.15, 0.2) is 0 Å². The standard InChI is InChI=1S/C36H36FN5O2S/c1-5-22(3)44-31-18-26(37)9-10-28(31)33-35(30-19-27-21-41(32(43)6-2)14-15-42(27)39-30)38-34(29-12-16-45-36(29)33)24-7-8-25-20-40(4)13-11-23(25)17-24/h6-10,12,16-19,22H,2,5,11,13-15,20-21H2,1,3-4H3. The van der Waals surface area contributed by atoms with Crippen LogP contribution in [0.4, 0.5) is 4.39 Å². The molecule has 45 heavy (non-hydrogen) atoms. The number of thiophene rings is 1. The second-order valence-electron chi connectivity index (χ2n) is 12.0. The average Bonchev–Trinajstić information content (AvgIpc) is 3.71. The number of carbonyl (C=O) groups is 1. The van der Waals surface area contributed by atoms with E-state index in [1.54, 1.807) is 22.3 Å². The molecule has 1 unspecified atom stereocenters. The molecule has 5 aromatic rings. The van der Waals surface area contributed by atoms with Crippen LogP contribution in [-0.4, -0.2) is 56.7 Å². The van der Waals surface area contributed by atoms with Gasteiger partial charge in [-0.25, -0.2) is 9.37 Å². The molecule has 3 aromatic heterocycles. The summed E-state index contributed by atoms with van der Waals surface area (Å²) in [4.78, 5) is 22.0. The first kappa shape index (κ1) is 29.4. The zero-order valence-electron chi connectivity index (χ0n) is 25.8. The van der Waals surface area contributed by atoms with E-state index < -0.39 is 0 Å². The molecule has 2 aromatic carbocycles. The number of carbonyl (C=O) groups excluding carboxylic acids is 1. The quantitative estimate of drug-likeness (QED) is 0.178. The van der Waals surface area contributed by atoms with E-state index in [4.69, 9.17) is 14.8 Å². The van der Waals surface area contributed by atoms with E-state index in [2.05, 4.69) is 55.1 Å². The molecule has 0 N–H and O–H groups in total. The highest BCUT2D eigenvalue weighted by molar-refractivity contribution is 7.18. The second-order valence-corrected chi connectivity index (χ2v) is 12.9. The number of ether oxygens (including phenoxy) is 1. The molecule has 5 heterocycles. The molecule has 0 bridgehead atoms. The van der Waals surface area contributed by atoms with Crippen LogP contribution in [0.2, 0.25) is 0 Å². The number of nitrogens with zero attached hydrogens (tertiary/aromatic N) is 5. The molecule has 0 saturated heterocycles. The SMILES string of the molecule is C=CC(=O)N1CCn2nc(-c3nc(-c4ccc5c(c4)CCN(C)C5)c4ccsc4c3-c3ccc(F)cc3OC(C)CC)cc2C1. The molecule has 0 aliphatic carbocycles. The van der Waals surface area contributed by atoms with Crippen molar-refractivity contribution in [3.8, 4) is 39.5 Å². The van der Waals surface area contributed by atoms with Gasteiger partial charge in [0, 0.05) is 52.5 Å². The molecule has 7 nitrogen and oxygen atoms in total. The first-order valence-corrected chi connectivity index (χ1v) is 16.4. The summed E-state index contributed by atoms with van der Waals surface area (Å²) < 4.78 is 24.0. The predicted octanol–water partition coefficient (Wildman–Crippen LogP) is 7.33. The van der Waals surface area contributed by atoms with Gasteiger partial charge in [-0.1, -0.05) is 25.6 Å². The lowest BCUT2D eigenvalue weighted by Gasteiger charge is -2.26. The Balaban J connectivity index is 1.45. The summed E-state index contributed by atoms with van der Waals surface area (Å²) in [5.74, 6) is 0.0380. The highest BCUT2D eigenvalue weighted by Crippen LogP contribution is 2.46. The van der Waals surface area contributed by atoms with Gasteiger partial charge in [0.1, 0.15) is 23.0 Å². The van der Waals surface area contributed by atoms with Crippen molar-refractivity contribution in [3.05, 3.63) is 89.2 Å². The molecule has 7 rings (SSSR count). The number of aromatic nitrogens is 3. The lowest BCUT2D eigenvalue weighted by Crippen LogP contribution is -2.37. The van der Waals surface area contributed by atoms with E-state index in [1.165, 1.54) is 29.3 Å². The third-order valence-corrected chi connectivity index (χ3v) is 9.87. The van der Waals surface area contributed by atoms with Gasteiger partial charge in [0.05, 0.1) is 30.6 Å². The number of amides is 1.